The van der Waals surface area contributed by atoms with E-state index in [0.717, 1.165) is 0 Å². The number of carbonyl (C=O) groups excluding carboxylic acids is 3. The maximum absolute atomic E-state index is 13.4. The fourth-order valence-electron chi connectivity index (χ4n) is 4.09. The Morgan fingerprint density at radius 2 is 1.73 bits per heavy atom. The summed E-state index contributed by atoms with van der Waals surface area (Å²) in [4.78, 5) is 45.3. The van der Waals surface area contributed by atoms with Gasteiger partial charge >= 0.3 is 0 Å². The molecule has 1 fully saturated rings. The molecule has 4 rings (SSSR count). The van der Waals surface area contributed by atoms with E-state index in [0.29, 0.717) is 34.3 Å². The molecule has 1 amide bonds. The van der Waals surface area contributed by atoms with Gasteiger partial charge in [-0.05, 0) is 37.3 Å². The molecule has 1 saturated heterocycles. The van der Waals surface area contributed by atoms with Gasteiger partial charge in [-0.15, -0.1) is 0 Å². The largest absolute Gasteiger partial charge is 0.496 e. The van der Waals surface area contributed by atoms with Crippen LogP contribution in [0.4, 0.5) is 5.69 Å². The van der Waals surface area contributed by atoms with Crippen LogP contribution >= 0.6 is 0 Å². The van der Waals surface area contributed by atoms with E-state index in [1.165, 1.54) is 12.0 Å². The highest BCUT2D eigenvalue weighted by atomic mass is 16.5. The predicted molar refractivity (Wildman–Crippen MR) is 121 cm³/mol. The highest BCUT2D eigenvalue weighted by molar-refractivity contribution is 6.48. The second-order valence-corrected chi connectivity index (χ2v) is 9.01. The Balaban J connectivity index is 1.83. The number of methoxy groups -OCH3 is 1. The molecule has 1 aliphatic rings. The van der Waals surface area contributed by atoms with Crippen molar-refractivity contribution in [1.82, 2.24) is 10.1 Å². The van der Waals surface area contributed by atoms with E-state index < -0.39 is 29.1 Å². The summed E-state index contributed by atoms with van der Waals surface area (Å²) in [6, 6.07) is 13.2. The van der Waals surface area contributed by atoms with Gasteiger partial charge in [-0.3, -0.25) is 19.3 Å². The number of ketones is 2. The van der Waals surface area contributed by atoms with Crippen molar-refractivity contribution < 1.29 is 23.6 Å². The van der Waals surface area contributed by atoms with Crippen LogP contribution in [0, 0.1) is 18.3 Å². The molecule has 1 aromatic heterocycles. The number of hydrogen-bond acceptors (Lipinski definition) is 7. The Labute approximate surface area is 191 Å². The van der Waals surface area contributed by atoms with Crippen LogP contribution in [0.5, 0.6) is 5.75 Å². The van der Waals surface area contributed by atoms with E-state index in [4.69, 9.17) is 9.26 Å². The molecular weight excluding hydrogens is 422 g/mol. The third-order valence-corrected chi connectivity index (χ3v) is 5.71. The van der Waals surface area contributed by atoms with E-state index in [2.05, 4.69) is 10.1 Å². The van der Waals surface area contributed by atoms with Gasteiger partial charge in [0, 0.05) is 22.2 Å². The first-order valence-corrected chi connectivity index (χ1v) is 10.6. The van der Waals surface area contributed by atoms with Crippen molar-refractivity contribution in [3.63, 3.8) is 0 Å². The highest BCUT2D eigenvalue weighted by Gasteiger charge is 2.54. The number of carbonyl (C=O) groups is 3. The minimum absolute atomic E-state index is 0.294. The van der Waals surface area contributed by atoms with Crippen LogP contribution < -0.4 is 9.64 Å². The summed E-state index contributed by atoms with van der Waals surface area (Å²) in [5.41, 5.74) is 0.941. The van der Waals surface area contributed by atoms with Gasteiger partial charge in [-0.1, -0.05) is 44.1 Å². The van der Waals surface area contributed by atoms with E-state index in [1.54, 1.807) is 76.2 Å². The van der Waals surface area contributed by atoms with Crippen molar-refractivity contribution in [3.8, 4) is 17.2 Å². The van der Waals surface area contributed by atoms with Crippen LogP contribution in [-0.4, -0.2) is 34.7 Å². The Hall–Kier alpha value is -3.81. The monoisotopic (exact) mass is 447 g/mol. The number of anilines is 1. The summed E-state index contributed by atoms with van der Waals surface area (Å²) in [6.45, 7) is 6.96. The number of para-hydroxylation sites is 1. The Morgan fingerprint density at radius 1 is 1.06 bits per heavy atom. The second-order valence-electron chi connectivity index (χ2n) is 9.01. The molecular formula is C25H25N3O5. The van der Waals surface area contributed by atoms with E-state index in [9.17, 15) is 14.4 Å². The number of Topliss-reactive ketones (excluding diaryl/α,β-unsaturated/α-hetero) is 2. The van der Waals surface area contributed by atoms with Crippen molar-refractivity contribution in [2.24, 2.45) is 11.3 Å². The first kappa shape index (κ1) is 22.4. The molecule has 2 heterocycles. The Kier molecular flexibility index (Phi) is 5.61. The molecule has 0 radical (unpaired) electrons. The van der Waals surface area contributed by atoms with E-state index >= 15 is 0 Å². The molecule has 8 heteroatoms. The fraction of sp³-hybridized carbons (Fsp3) is 0.320. The SMILES string of the molecule is COc1ccccc1C1C(C(=O)C(C)(C)C)C(=O)C(=O)N1c1ccc(-c2nc(C)no2)cc1. The summed E-state index contributed by atoms with van der Waals surface area (Å²) in [7, 11) is 1.52. The average Bonchev–Trinajstić information content (AvgIpc) is 3.34. The number of aryl methyl sites for hydroxylation is 1. The van der Waals surface area contributed by atoms with Crippen LogP contribution in [0.3, 0.4) is 0 Å². The summed E-state index contributed by atoms with van der Waals surface area (Å²) >= 11 is 0. The molecule has 33 heavy (non-hydrogen) atoms. The Bertz CT molecular complexity index is 1220. The summed E-state index contributed by atoms with van der Waals surface area (Å²) < 4.78 is 10.7. The quantitative estimate of drug-likeness (QED) is 0.431. The molecule has 2 unspecified atom stereocenters. The van der Waals surface area contributed by atoms with Crippen LogP contribution in [0.15, 0.2) is 53.1 Å². The van der Waals surface area contributed by atoms with Crippen LogP contribution in [0.2, 0.25) is 0 Å². The number of rotatable bonds is 5. The van der Waals surface area contributed by atoms with Gasteiger partial charge in [0.1, 0.15) is 11.7 Å². The molecule has 1 aliphatic heterocycles. The first-order chi connectivity index (χ1) is 15.6. The minimum Gasteiger partial charge on any atom is -0.496 e. The van der Waals surface area contributed by atoms with Gasteiger partial charge in [0.15, 0.2) is 11.6 Å². The fourth-order valence-corrected chi connectivity index (χ4v) is 4.09. The summed E-state index contributed by atoms with van der Waals surface area (Å²) in [6.07, 6.45) is 0. The van der Waals surface area contributed by atoms with Crippen LogP contribution in [-0.2, 0) is 14.4 Å². The number of ether oxygens (including phenoxy) is 1. The molecule has 0 bridgehead atoms. The van der Waals surface area contributed by atoms with Crippen LogP contribution in [0.25, 0.3) is 11.5 Å². The van der Waals surface area contributed by atoms with Gasteiger partial charge in [-0.25, -0.2) is 0 Å². The molecule has 2 aromatic carbocycles. The predicted octanol–water partition coefficient (Wildman–Crippen LogP) is 3.94. The van der Waals surface area contributed by atoms with Gasteiger partial charge in [0.25, 0.3) is 11.8 Å². The number of nitrogens with zero attached hydrogens (tertiary/aromatic N) is 3. The lowest BCUT2D eigenvalue weighted by molar-refractivity contribution is -0.141. The number of hydrogen-bond donors (Lipinski definition) is 0. The van der Waals surface area contributed by atoms with E-state index in [1.807, 2.05) is 0 Å². The van der Waals surface area contributed by atoms with Crippen molar-refractivity contribution in [1.29, 1.82) is 0 Å². The lowest BCUT2D eigenvalue weighted by Crippen LogP contribution is -2.36. The molecule has 170 valence electrons. The third-order valence-electron chi connectivity index (χ3n) is 5.71. The summed E-state index contributed by atoms with van der Waals surface area (Å²) in [5, 5.41) is 3.79. The van der Waals surface area contributed by atoms with Gasteiger partial charge < -0.3 is 9.26 Å². The van der Waals surface area contributed by atoms with Crippen molar-refractivity contribution in [2.75, 3.05) is 12.0 Å². The van der Waals surface area contributed by atoms with Crippen molar-refractivity contribution >= 4 is 23.2 Å². The molecule has 0 N–H and O–H groups in total. The molecule has 0 spiro atoms. The maximum atomic E-state index is 13.4. The summed E-state index contributed by atoms with van der Waals surface area (Å²) in [5.74, 6) is -1.53. The third kappa shape index (κ3) is 3.92. The molecule has 3 aromatic rings. The smallest absolute Gasteiger partial charge is 0.295 e. The lowest BCUT2D eigenvalue weighted by atomic mass is 9.77. The Morgan fingerprint density at radius 3 is 2.30 bits per heavy atom. The topological polar surface area (TPSA) is 103 Å². The van der Waals surface area contributed by atoms with E-state index in [-0.39, 0.29) is 5.78 Å². The molecule has 0 aliphatic carbocycles. The number of amides is 1. The van der Waals surface area contributed by atoms with Crippen molar-refractivity contribution in [3.05, 3.63) is 59.9 Å². The normalized spacial score (nSPS) is 18.6. The number of benzene rings is 2. The minimum atomic E-state index is -1.15. The zero-order valence-corrected chi connectivity index (χ0v) is 19.2. The second kappa shape index (κ2) is 8.27. The highest BCUT2D eigenvalue weighted by Crippen LogP contribution is 2.45. The standard InChI is InChI=1S/C25H25N3O5/c1-14-26-23(33-27-14)15-10-12-16(13-11-15)28-20(17-8-6-7-9-18(17)32-5)19(21(29)24(28)31)22(30)25(2,3)4/h6-13,19-20H,1-5H3. The average molecular weight is 447 g/mol. The lowest BCUT2D eigenvalue weighted by Gasteiger charge is -2.30. The molecule has 0 saturated carbocycles. The maximum Gasteiger partial charge on any atom is 0.295 e. The molecule has 8 nitrogen and oxygen atoms in total. The zero-order chi connectivity index (χ0) is 23.9. The number of aromatic nitrogens is 2. The van der Waals surface area contributed by atoms with Crippen LogP contribution in [0.1, 0.15) is 38.2 Å². The van der Waals surface area contributed by atoms with Gasteiger partial charge in [-0.2, -0.15) is 4.98 Å². The molecule has 2 atom stereocenters. The van der Waals surface area contributed by atoms with Crippen molar-refractivity contribution in [2.45, 2.75) is 33.7 Å². The zero-order valence-electron chi connectivity index (χ0n) is 19.2. The van der Waals surface area contributed by atoms with Gasteiger partial charge in [0.05, 0.1) is 13.2 Å². The first-order valence-electron chi connectivity index (χ1n) is 10.6. The van der Waals surface area contributed by atoms with Gasteiger partial charge in [0.2, 0.25) is 5.78 Å².